The van der Waals surface area contributed by atoms with Crippen LogP contribution in [-0.2, 0) is 9.47 Å². The molecule has 10 nitrogen and oxygen atoms in total. The Labute approximate surface area is 189 Å². The number of benzene rings is 3. The maximum Gasteiger partial charge on any atom is 0.346 e. The largest absolute Gasteiger partial charge is 0.423 e. The second-order valence-corrected chi connectivity index (χ2v) is 7.13. The van der Waals surface area contributed by atoms with Crippen LogP contribution in [0.4, 0.5) is 0 Å². The Bertz CT molecular complexity index is 1360. The first-order valence-corrected chi connectivity index (χ1v) is 9.66. The quantitative estimate of drug-likeness (QED) is 0.326. The van der Waals surface area contributed by atoms with E-state index in [4.69, 9.17) is 9.47 Å². The van der Waals surface area contributed by atoms with Crippen molar-refractivity contribution in [1.29, 1.82) is 0 Å². The van der Waals surface area contributed by atoms with Gasteiger partial charge in [0.15, 0.2) is 0 Å². The first kappa shape index (κ1) is 20.8. The highest BCUT2D eigenvalue weighted by Gasteiger charge is 2.31. The Morgan fingerprint density at radius 3 is 1.38 bits per heavy atom. The van der Waals surface area contributed by atoms with Crippen LogP contribution in [0.25, 0.3) is 0 Å². The molecule has 3 aromatic rings. The lowest BCUT2D eigenvalue weighted by molar-refractivity contribution is 0.0425. The Balaban J connectivity index is 1.31. The van der Waals surface area contributed by atoms with Crippen molar-refractivity contribution in [1.82, 2.24) is 0 Å². The van der Waals surface area contributed by atoms with Gasteiger partial charge in [-0.25, -0.2) is 28.8 Å². The van der Waals surface area contributed by atoms with Gasteiger partial charge in [-0.05, 0) is 48.5 Å². The second kappa shape index (κ2) is 7.78. The number of hydrogen-bond acceptors (Lipinski definition) is 10. The summed E-state index contributed by atoms with van der Waals surface area (Å²) in [6.45, 7) is 0. The standard InChI is InChI=1S/C24H10O10/c25-19(11-4-6-15-17(8-11)23(29)33-21(15)27)31-13-2-1-3-14(10-13)32-20(26)12-5-7-16-18(9-12)24(30)34-22(16)28/h1-10H. The highest BCUT2D eigenvalue weighted by molar-refractivity contribution is 6.16. The minimum Gasteiger partial charge on any atom is -0.423 e. The van der Waals surface area contributed by atoms with Crippen molar-refractivity contribution >= 4 is 35.8 Å². The smallest absolute Gasteiger partial charge is 0.346 e. The molecule has 0 spiro atoms. The average molecular weight is 458 g/mol. The van der Waals surface area contributed by atoms with Crippen LogP contribution in [0.1, 0.15) is 62.1 Å². The molecular formula is C24H10O10. The molecule has 0 amide bonds. The summed E-state index contributed by atoms with van der Waals surface area (Å²) in [5.74, 6) is -4.85. The number of carbonyl (C=O) groups excluding carboxylic acids is 6. The van der Waals surface area contributed by atoms with Gasteiger partial charge in [0.05, 0.1) is 33.4 Å². The highest BCUT2D eigenvalue weighted by atomic mass is 16.6. The van der Waals surface area contributed by atoms with E-state index in [1.165, 1.54) is 60.7 Å². The Morgan fingerprint density at radius 2 is 0.941 bits per heavy atom. The number of cyclic esters (lactones) is 4. The van der Waals surface area contributed by atoms with Gasteiger partial charge in [-0.3, -0.25) is 0 Å². The van der Waals surface area contributed by atoms with E-state index in [0.29, 0.717) is 0 Å². The van der Waals surface area contributed by atoms with Crippen LogP contribution < -0.4 is 9.47 Å². The van der Waals surface area contributed by atoms with Gasteiger partial charge in [-0.1, -0.05) is 6.07 Å². The number of carbonyl (C=O) groups is 6. The third kappa shape index (κ3) is 3.58. The van der Waals surface area contributed by atoms with E-state index in [9.17, 15) is 28.8 Å². The Kier molecular flexibility index (Phi) is 4.75. The van der Waals surface area contributed by atoms with Crippen molar-refractivity contribution in [3.63, 3.8) is 0 Å². The van der Waals surface area contributed by atoms with Crippen LogP contribution in [0, 0.1) is 0 Å². The zero-order valence-electron chi connectivity index (χ0n) is 16.9. The second-order valence-electron chi connectivity index (χ2n) is 7.13. The van der Waals surface area contributed by atoms with Crippen LogP contribution in [0.15, 0.2) is 60.7 Å². The average Bonchev–Trinajstić information content (AvgIpc) is 3.27. The Hall–Kier alpha value is -5.12. The SMILES string of the molecule is O=C(Oc1cccc(OC(=O)c2ccc3c(c2)C(=O)OC3=O)c1)c1ccc2c(c1)C(=O)OC2=O. The predicted octanol–water partition coefficient (Wildman–Crippen LogP) is 2.75. The third-order valence-corrected chi connectivity index (χ3v) is 4.99. The number of ether oxygens (including phenoxy) is 4. The molecule has 0 atom stereocenters. The van der Waals surface area contributed by atoms with Crippen LogP contribution in [0.5, 0.6) is 11.5 Å². The molecule has 0 aromatic heterocycles. The maximum absolute atomic E-state index is 12.5. The van der Waals surface area contributed by atoms with Gasteiger partial charge in [0, 0.05) is 6.07 Å². The zero-order valence-corrected chi connectivity index (χ0v) is 16.9. The van der Waals surface area contributed by atoms with Crippen LogP contribution in [0.2, 0.25) is 0 Å². The predicted molar refractivity (Wildman–Crippen MR) is 109 cm³/mol. The number of esters is 6. The molecule has 5 rings (SSSR count). The normalized spacial score (nSPS) is 13.6. The van der Waals surface area contributed by atoms with E-state index in [-0.39, 0.29) is 44.9 Å². The van der Waals surface area contributed by atoms with Crippen molar-refractivity contribution in [3.05, 3.63) is 94.0 Å². The monoisotopic (exact) mass is 458 g/mol. The van der Waals surface area contributed by atoms with Gasteiger partial charge in [0.1, 0.15) is 11.5 Å². The molecule has 2 aliphatic heterocycles. The zero-order chi connectivity index (χ0) is 24.0. The van der Waals surface area contributed by atoms with E-state index < -0.39 is 35.8 Å². The topological polar surface area (TPSA) is 139 Å². The number of fused-ring (bicyclic) bond motifs is 2. The van der Waals surface area contributed by atoms with Crippen molar-refractivity contribution in [2.45, 2.75) is 0 Å². The van der Waals surface area contributed by atoms with E-state index >= 15 is 0 Å². The first-order valence-electron chi connectivity index (χ1n) is 9.66. The fraction of sp³-hybridized carbons (Fsp3) is 0. The molecule has 0 aliphatic carbocycles. The number of hydrogen-bond donors (Lipinski definition) is 0. The van der Waals surface area contributed by atoms with Crippen LogP contribution in [0.3, 0.4) is 0 Å². The van der Waals surface area contributed by atoms with E-state index in [1.807, 2.05) is 0 Å². The summed E-state index contributed by atoms with van der Waals surface area (Å²) in [6, 6.07) is 13.2. The molecule has 10 heteroatoms. The van der Waals surface area contributed by atoms with Gasteiger partial charge in [0.2, 0.25) is 0 Å². The molecule has 166 valence electrons. The summed E-state index contributed by atoms with van der Waals surface area (Å²) in [6.07, 6.45) is 0. The fourth-order valence-electron chi connectivity index (χ4n) is 3.36. The minimum absolute atomic E-state index is 0.00683. The van der Waals surface area contributed by atoms with E-state index in [2.05, 4.69) is 9.47 Å². The fourth-order valence-corrected chi connectivity index (χ4v) is 3.36. The van der Waals surface area contributed by atoms with E-state index in [0.717, 1.165) is 0 Å². The molecule has 34 heavy (non-hydrogen) atoms. The molecule has 0 saturated heterocycles. The molecule has 3 aromatic carbocycles. The molecule has 0 N–H and O–H groups in total. The summed E-state index contributed by atoms with van der Waals surface area (Å²) in [4.78, 5) is 71.4. The lowest BCUT2D eigenvalue weighted by Gasteiger charge is -2.08. The lowest BCUT2D eigenvalue weighted by Crippen LogP contribution is -2.11. The molecule has 0 fully saturated rings. The Morgan fingerprint density at radius 1 is 0.529 bits per heavy atom. The van der Waals surface area contributed by atoms with E-state index in [1.54, 1.807) is 0 Å². The first-order chi connectivity index (χ1) is 16.3. The summed E-state index contributed by atoms with van der Waals surface area (Å²) in [7, 11) is 0. The summed E-state index contributed by atoms with van der Waals surface area (Å²) < 4.78 is 19.5. The maximum atomic E-state index is 12.5. The van der Waals surface area contributed by atoms with Gasteiger partial charge >= 0.3 is 35.8 Å². The van der Waals surface area contributed by atoms with Gasteiger partial charge in [0.25, 0.3) is 0 Å². The van der Waals surface area contributed by atoms with Crippen molar-refractivity contribution in [3.8, 4) is 11.5 Å². The third-order valence-electron chi connectivity index (χ3n) is 4.99. The van der Waals surface area contributed by atoms with Crippen LogP contribution >= 0.6 is 0 Å². The highest BCUT2D eigenvalue weighted by Crippen LogP contribution is 2.25. The minimum atomic E-state index is -0.854. The molecular weight excluding hydrogens is 448 g/mol. The van der Waals surface area contributed by atoms with Gasteiger partial charge < -0.3 is 18.9 Å². The molecule has 2 heterocycles. The number of rotatable bonds is 4. The lowest BCUT2D eigenvalue weighted by atomic mass is 10.1. The van der Waals surface area contributed by atoms with Gasteiger partial charge in [-0.2, -0.15) is 0 Å². The molecule has 0 unspecified atom stereocenters. The summed E-state index contributed by atoms with van der Waals surface area (Å²) in [5, 5.41) is 0. The summed E-state index contributed by atoms with van der Waals surface area (Å²) >= 11 is 0. The summed E-state index contributed by atoms with van der Waals surface area (Å²) in [5.41, 5.74) is 0.0446. The molecule has 0 radical (unpaired) electrons. The van der Waals surface area contributed by atoms with Crippen molar-refractivity contribution in [2.24, 2.45) is 0 Å². The van der Waals surface area contributed by atoms with Gasteiger partial charge in [-0.15, -0.1) is 0 Å². The molecule has 0 saturated carbocycles. The molecule has 2 aliphatic rings. The van der Waals surface area contributed by atoms with Crippen LogP contribution in [-0.4, -0.2) is 35.8 Å². The van der Waals surface area contributed by atoms with Crippen molar-refractivity contribution in [2.75, 3.05) is 0 Å². The van der Waals surface area contributed by atoms with Crippen molar-refractivity contribution < 1.29 is 47.7 Å². The molecule has 0 bridgehead atoms.